The number of ether oxygens (including phenoxy) is 1. The van der Waals surface area contributed by atoms with Crippen LogP contribution in [0.2, 0.25) is 0 Å². The summed E-state index contributed by atoms with van der Waals surface area (Å²) in [4.78, 5) is 6.03. The van der Waals surface area contributed by atoms with Gasteiger partial charge in [0.1, 0.15) is 0 Å². The van der Waals surface area contributed by atoms with E-state index in [4.69, 9.17) is 4.74 Å². The minimum Gasteiger partial charge on any atom is -0.476 e. The van der Waals surface area contributed by atoms with Gasteiger partial charge in [-0.1, -0.05) is 0 Å². The number of hydrogen-bond donors (Lipinski definition) is 1. The summed E-state index contributed by atoms with van der Waals surface area (Å²) in [5.41, 5.74) is 0.629. The highest BCUT2D eigenvalue weighted by Crippen LogP contribution is 2.21. The standard InChI is InChI=1S/C14H22FN3O/c1-18(2)8-3-9-19-14-13(15)11(6-7-16-14)10-17-12-4-5-12/h6-7,12,17H,3-5,8-10H2,1-2H3. The first kappa shape index (κ1) is 14.2. The van der Waals surface area contributed by atoms with E-state index in [1.54, 1.807) is 12.3 Å². The predicted octanol–water partition coefficient (Wildman–Crippen LogP) is 1.80. The Kier molecular flexibility index (Phi) is 5.10. The molecule has 0 amide bonds. The zero-order valence-electron chi connectivity index (χ0n) is 11.7. The molecule has 0 radical (unpaired) electrons. The first-order valence-corrected chi connectivity index (χ1v) is 6.81. The van der Waals surface area contributed by atoms with Gasteiger partial charge in [0.15, 0.2) is 5.82 Å². The molecule has 1 aliphatic carbocycles. The summed E-state index contributed by atoms with van der Waals surface area (Å²) in [6.07, 6.45) is 4.86. The Bertz CT molecular complexity index is 408. The van der Waals surface area contributed by atoms with Gasteiger partial charge in [-0.15, -0.1) is 0 Å². The summed E-state index contributed by atoms with van der Waals surface area (Å²) >= 11 is 0. The molecule has 1 aliphatic rings. The summed E-state index contributed by atoms with van der Waals surface area (Å²) in [6.45, 7) is 1.96. The third-order valence-electron chi connectivity index (χ3n) is 3.08. The molecule has 1 fully saturated rings. The van der Waals surface area contributed by atoms with Crippen molar-refractivity contribution in [3.05, 3.63) is 23.6 Å². The third-order valence-corrected chi connectivity index (χ3v) is 3.08. The van der Waals surface area contributed by atoms with Gasteiger partial charge in [0.2, 0.25) is 0 Å². The fourth-order valence-corrected chi connectivity index (χ4v) is 1.79. The summed E-state index contributed by atoms with van der Waals surface area (Å²) in [7, 11) is 4.01. The van der Waals surface area contributed by atoms with E-state index in [9.17, 15) is 4.39 Å². The monoisotopic (exact) mass is 267 g/mol. The predicted molar refractivity (Wildman–Crippen MR) is 72.7 cm³/mol. The smallest absolute Gasteiger partial charge is 0.250 e. The molecule has 1 aromatic heterocycles. The number of hydrogen-bond acceptors (Lipinski definition) is 4. The zero-order chi connectivity index (χ0) is 13.7. The van der Waals surface area contributed by atoms with Crippen LogP contribution in [-0.2, 0) is 6.54 Å². The van der Waals surface area contributed by atoms with Crippen LogP contribution in [0.1, 0.15) is 24.8 Å². The van der Waals surface area contributed by atoms with Crippen molar-refractivity contribution in [3.63, 3.8) is 0 Å². The van der Waals surface area contributed by atoms with Crippen LogP contribution in [0.3, 0.4) is 0 Å². The van der Waals surface area contributed by atoms with Gasteiger partial charge in [0.05, 0.1) is 6.61 Å². The third kappa shape index (κ3) is 4.76. The van der Waals surface area contributed by atoms with Crippen LogP contribution >= 0.6 is 0 Å². The van der Waals surface area contributed by atoms with Gasteiger partial charge in [0.25, 0.3) is 5.88 Å². The van der Waals surface area contributed by atoms with Crippen molar-refractivity contribution in [3.8, 4) is 5.88 Å². The lowest BCUT2D eigenvalue weighted by molar-refractivity contribution is 0.260. The van der Waals surface area contributed by atoms with Crippen LogP contribution in [0, 0.1) is 5.82 Å². The van der Waals surface area contributed by atoms with Crippen LogP contribution in [-0.4, -0.2) is 43.2 Å². The van der Waals surface area contributed by atoms with Crippen molar-refractivity contribution in [1.29, 1.82) is 0 Å². The second-order valence-electron chi connectivity index (χ2n) is 5.25. The molecule has 0 bridgehead atoms. The molecule has 1 aromatic rings. The molecule has 4 nitrogen and oxygen atoms in total. The Hall–Kier alpha value is -1.20. The summed E-state index contributed by atoms with van der Waals surface area (Å²) < 4.78 is 19.5. The van der Waals surface area contributed by atoms with Crippen LogP contribution in [0.25, 0.3) is 0 Å². The van der Waals surface area contributed by atoms with E-state index in [1.165, 1.54) is 12.8 Å². The second kappa shape index (κ2) is 6.82. The fourth-order valence-electron chi connectivity index (χ4n) is 1.79. The minimum absolute atomic E-state index is 0.119. The molecule has 0 saturated heterocycles. The quantitative estimate of drug-likeness (QED) is 0.729. The van der Waals surface area contributed by atoms with Gasteiger partial charge in [-0.25, -0.2) is 9.37 Å². The molecule has 0 unspecified atom stereocenters. The number of pyridine rings is 1. The molecule has 19 heavy (non-hydrogen) atoms. The van der Waals surface area contributed by atoms with Gasteiger partial charge in [0, 0.05) is 30.9 Å². The Labute approximate surface area is 114 Å². The number of halogens is 1. The lowest BCUT2D eigenvalue weighted by Crippen LogP contribution is -2.18. The van der Waals surface area contributed by atoms with Crippen LogP contribution in [0.4, 0.5) is 4.39 Å². The van der Waals surface area contributed by atoms with E-state index in [-0.39, 0.29) is 11.7 Å². The van der Waals surface area contributed by atoms with Crippen molar-refractivity contribution in [2.75, 3.05) is 27.2 Å². The van der Waals surface area contributed by atoms with Crippen LogP contribution < -0.4 is 10.1 Å². The molecular formula is C14H22FN3O. The normalized spacial score (nSPS) is 14.9. The molecule has 1 N–H and O–H groups in total. The van der Waals surface area contributed by atoms with Crippen LogP contribution in [0.15, 0.2) is 12.3 Å². The minimum atomic E-state index is -0.333. The molecule has 0 aromatic carbocycles. The maximum atomic E-state index is 14.1. The highest BCUT2D eigenvalue weighted by Gasteiger charge is 2.21. The van der Waals surface area contributed by atoms with Crippen LogP contribution in [0.5, 0.6) is 5.88 Å². The first-order valence-electron chi connectivity index (χ1n) is 6.81. The molecule has 0 atom stereocenters. The summed E-state index contributed by atoms with van der Waals surface area (Å²) in [5, 5.41) is 3.29. The van der Waals surface area contributed by atoms with Gasteiger partial charge >= 0.3 is 0 Å². The van der Waals surface area contributed by atoms with E-state index >= 15 is 0 Å². The van der Waals surface area contributed by atoms with Crippen molar-refractivity contribution < 1.29 is 9.13 Å². The molecule has 0 spiro atoms. The molecular weight excluding hydrogens is 245 g/mol. The highest BCUT2D eigenvalue weighted by molar-refractivity contribution is 5.23. The van der Waals surface area contributed by atoms with E-state index in [0.717, 1.165) is 13.0 Å². The maximum absolute atomic E-state index is 14.1. The lowest BCUT2D eigenvalue weighted by Gasteiger charge is -2.11. The Morgan fingerprint density at radius 1 is 1.47 bits per heavy atom. The highest BCUT2D eigenvalue weighted by atomic mass is 19.1. The SMILES string of the molecule is CN(C)CCCOc1nccc(CNC2CC2)c1F. The fraction of sp³-hybridized carbons (Fsp3) is 0.643. The zero-order valence-corrected chi connectivity index (χ0v) is 11.7. The van der Waals surface area contributed by atoms with E-state index in [1.807, 2.05) is 14.1 Å². The Balaban J connectivity index is 1.83. The average Bonchev–Trinajstić information content (AvgIpc) is 3.18. The molecule has 1 saturated carbocycles. The van der Waals surface area contributed by atoms with Gasteiger partial charge < -0.3 is 15.0 Å². The number of rotatable bonds is 8. The van der Waals surface area contributed by atoms with Gasteiger partial charge in [-0.05, 0) is 39.4 Å². The topological polar surface area (TPSA) is 37.4 Å². The average molecular weight is 267 g/mol. The number of nitrogens with one attached hydrogen (secondary N) is 1. The van der Waals surface area contributed by atoms with Crippen molar-refractivity contribution in [2.24, 2.45) is 0 Å². The molecule has 106 valence electrons. The molecule has 5 heteroatoms. The number of aromatic nitrogens is 1. The summed E-state index contributed by atoms with van der Waals surface area (Å²) in [6, 6.07) is 2.27. The van der Waals surface area contributed by atoms with Crippen molar-refractivity contribution in [2.45, 2.75) is 31.8 Å². The van der Waals surface area contributed by atoms with E-state index in [2.05, 4.69) is 15.2 Å². The van der Waals surface area contributed by atoms with E-state index in [0.29, 0.717) is 24.8 Å². The van der Waals surface area contributed by atoms with Crippen molar-refractivity contribution >= 4 is 0 Å². The Morgan fingerprint density at radius 3 is 2.95 bits per heavy atom. The lowest BCUT2D eigenvalue weighted by atomic mass is 10.2. The summed E-state index contributed by atoms with van der Waals surface area (Å²) in [5.74, 6) is -0.214. The molecule has 0 aliphatic heterocycles. The Morgan fingerprint density at radius 2 is 2.26 bits per heavy atom. The van der Waals surface area contributed by atoms with Gasteiger partial charge in [-0.2, -0.15) is 0 Å². The van der Waals surface area contributed by atoms with E-state index < -0.39 is 0 Å². The second-order valence-corrected chi connectivity index (χ2v) is 5.25. The molecule has 1 heterocycles. The number of nitrogens with zero attached hydrogens (tertiary/aromatic N) is 2. The first-order chi connectivity index (χ1) is 9.16. The largest absolute Gasteiger partial charge is 0.476 e. The van der Waals surface area contributed by atoms with Gasteiger partial charge in [-0.3, -0.25) is 0 Å². The maximum Gasteiger partial charge on any atom is 0.250 e. The van der Waals surface area contributed by atoms with Crippen molar-refractivity contribution in [1.82, 2.24) is 15.2 Å². The molecule has 2 rings (SSSR count).